The molecule has 1 fully saturated rings. The maximum atomic E-state index is 12.2. The molecule has 0 aliphatic carbocycles. The number of rotatable bonds is 4. The number of hydrogen-bond acceptors (Lipinski definition) is 3. The maximum Gasteiger partial charge on any atom is 0.251 e. The van der Waals surface area contributed by atoms with Gasteiger partial charge in [-0.3, -0.25) is 9.59 Å². The summed E-state index contributed by atoms with van der Waals surface area (Å²) in [5, 5.41) is 2.68. The van der Waals surface area contributed by atoms with Crippen LogP contribution in [0.4, 0.5) is 0 Å². The van der Waals surface area contributed by atoms with Crippen LogP contribution >= 0.6 is 0 Å². The Morgan fingerprint density at radius 1 is 0.917 bits per heavy atom. The van der Waals surface area contributed by atoms with Gasteiger partial charge >= 0.3 is 0 Å². The fraction of sp³-hybridized carbons (Fsp3) is 0.263. The van der Waals surface area contributed by atoms with Crippen LogP contribution in [-0.2, 0) is 9.53 Å². The number of amides is 2. The number of hydrogen-bond donors (Lipinski definition) is 1. The Morgan fingerprint density at radius 2 is 1.54 bits per heavy atom. The zero-order valence-corrected chi connectivity index (χ0v) is 13.4. The van der Waals surface area contributed by atoms with Gasteiger partial charge in [0.05, 0.1) is 19.8 Å². The first kappa shape index (κ1) is 16.2. The molecule has 0 spiro atoms. The average molecular weight is 324 g/mol. The van der Waals surface area contributed by atoms with Crippen molar-refractivity contribution in [1.82, 2.24) is 10.2 Å². The van der Waals surface area contributed by atoms with Crippen molar-refractivity contribution in [3.8, 4) is 11.1 Å². The highest BCUT2D eigenvalue weighted by atomic mass is 16.5. The molecule has 0 unspecified atom stereocenters. The lowest BCUT2D eigenvalue weighted by Crippen LogP contribution is -2.45. The largest absolute Gasteiger partial charge is 0.378 e. The van der Waals surface area contributed by atoms with E-state index in [1.54, 1.807) is 17.0 Å². The van der Waals surface area contributed by atoms with Crippen molar-refractivity contribution in [3.05, 3.63) is 60.2 Å². The molecular weight excluding hydrogens is 304 g/mol. The second-order valence-corrected chi connectivity index (χ2v) is 5.62. The summed E-state index contributed by atoms with van der Waals surface area (Å²) in [6.45, 7) is 2.29. The molecule has 1 aliphatic rings. The highest BCUT2D eigenvalue weighted by Gasteiger charge is 2.17. The van der Waals surface area contributed by atoms with Gasteiger partial charge in [-0.2, -0.15) is 0 Å². The van der Waals surface area contributed by atoms with Crippen LogP contribution in [0.2, 0.25) is 0 Å². The summed E-state index contributed by atoms with van der Waals surface area (Å²) in [6.07, 6.45) is 0. The van der Waals surface area contributed by atoms with E-state index in [-0.39, 0.29) is 18.4 Å². The summed E-state index contributed by atoms with van der Waals surface area (Å²) < 4.78 is 5.21. The lowest BCUT2D eigenvalue weighted by molar-refractivity contribution is -0.134. The summed E-state index contributed by atoms with van der Waals surface area (Å²) >= 11 is 0. The van der Waals surface area contributed by atoms with Crippen LogP contribution in [0, 0.1) is 0 Å². The molecule has 124 valence electrons. The summed E-state index contributed by atoms with van der Waals surface area (Å²) in [4.78, 5) is 25.9. The van der Waals surface area contributed by atoms with E-state index in [2.05, 4.69) is 5.32 Å². The predicted molar refractivity (Wildman–Crippen MR) is 91.6 cm³/mol. The molecule has 0 aromatic heterocycles. The van der Waals surface area contributed by atoms with Crippen molar-refractivity contribution >= 4 is 11.8 Å². The Morgan fingerprint density at radius 3 is 2.21 bits per heavy atom. The number of carbonyl (C=O) groups is 2. The molecule has 5 nitrogen and oxygen atoms in total. The molecule has 1 N–H and O–H groups in total. The number of nitrogens with zero attached hydrogens (tertiary/aromatic N) is 1. The van der Waals surface area contributed by atoms with Crippen molar-refractivity contribution in [2.45, 2.75) is 0 Å². The van der Waals surface area contributed by atoms with E-state index in [9.17, 15) is 9.59 Å². The molecular formula is C19H20N2O3. The number of ether oxygens (including phenoxy) is 1. The molecule has 2 aromatic carbocycles. The van der Waals surface area contributed by atoms with Crippen LogP contribution in [0.3, 0.4) is 0 Å². The third-order valence-electron chi connectivity index (χ3n) is 4.02. The van der Waals surface area contributed by atoms with E-state index in [1.807, 2.05) is 42.5 Å². The van der Waals surface area contributed by atoms with E-state index < -0.39 is 0 Å². The smallest absolute Gasteiger partial charge is 0.251 e. The van der Waals surface area contributed by atoms with Crippen molar-refractivity contribution < 1.29 is 14.3 Å². The molecule has 1 saturated heterocycles. The zero-order chi connectivity index (χ0) is 16.8. The van der Waals surface area contributed by atoms with Gasteiger partial charge < -0.3 is 15.0 Å². The topological polar surface area (TPSA) is 58.6 Å². The Bertz CT molecular complexity index is 692. The zero-order valence-electron chi connectivity index (χ0n) is 13.4. The van der Waals surface area contributed by atoms with Gasteiger partial charge in [0.25, 0.3) is 5.91 Å². The normalized spacial score (nSPS) is 14.2. The molecule has 24 heavy (non-hydrogen) atoms. The predicted octanol–water partition coefficient (Wildman–Crippen LogP) is 1.94. The van der Waals surface area contributed by atoms with Gasteiger partial charge in [0.15, 0.2) is 0 Å². The van der Waals surface area contributed by atoms with Gasteiger partial charge in [-0.05, 0) is 23.3 Å². The van der Waals surface area contributed by atoms with Crippen molar-refractivity contribution in [1.29, 1.82) is 0 Å². The van der Waals surface area contributed by atoms with Crippen LogP contribution in [-0.4, -0.2) is 49.6 Å². The van der Waals surface area contributed by atoms with E-state index >= 15 is 0 Å². The fourth-order valence-electron chi connectivity index (χ4n) is 2.63. The van der Waals surface area contributed by atoms with E-state index in [4.69, 9.17) is 4.74 Å². The van der Waals surface area contributed by atoms with Crippen molar-refractivity contribution in [2.75, 3.05) is 32.8 Å². The quantitative estimate of drug-likeness (QED) is 0.935. The van der Waals surface area contributed by atoms with Crippen LogP contribution in [0.25, 0.3) is 11.1 Å². The third-order valence-corrected chi connectivity index (χ3v) is 4.02. The maximum absolute atomic E-state index is 12.2. The lowest BCUT2D eigenvalue weighted by Gasteiger charge is -2.26. The first-order valence-electron chi connectivity index (χ1n) is 8.03. The minimum absolute atomic E-state index is 0.0132. The summed E-state index contributed by atoms with van der Waals surface area (Å²) in [5.41, 5.74) is 2.70. The number of carbonyl (C=O) groups excluding carboxylic acids is 2. The first-order valence-corrected chi connectivity index (χ1v) is 8.03. The standard InChI is InChI=1S/C19H20N2O3/c22-18(21-10-12-24-13-11-21)14-20-19(23)17-8-6-16(7-9-17)15-4-2-1-3-5-15/h1-9H,10-14H2,(H,20,23). The third kappa shape index (κ3) is 4.00. The summed E-state index contributed by atoms with van der Waals surface area (Å²) in [7, 11) is 0. The van der Waals surface area contributed by atoms with E-state index in [1.165, 1.54) is 0 Å². The Balaban J connectivity index is 1.56. The minimum atomic E-state index is -0.240. The molecule has 1 heterocycles. The molecule has 0 bridgehead atoms. The Hall–Kier alpha value is -2.66. The highest BCUT2D eigenvalue weighted by Crippen LogP contribution is 2.19. The first-order chi connectivity index (χ1) is 11.7. The van der Waals surface area contributed by atoms with Gasteiger partial charge in [0.1, 0.15) is 0 Å². The molecule has 0 saturated carbocycles. The van der Waals surface area contributed by atoms with Crippen molar-refractivity contribution in [2.24, 2.45) is 0 Å². The van der Waals surface area contributed by atoms with Crippen LogP contribution in [0.5, 0.6) is 0 Å². The number of nitrogens with one attached hydrogen (secondary N) is 1. The fourth-order valence-corrected chi connectivity index (χ4v) is 2.63. The summed E-state index contributed by atoms with van der Waals surface area (Å²) in [6, 6.07) is 17.3. The summed E-state index contributed by atoms with van der Waals surface area (Å²) in [5.74, 6) is -0.316. The van der Waals surface area contributed by atoms with Crippen molar-refractivity contribution in [3.63, 3.8) is 0 Å². The minimum Gasteiger partial charge on any atom is -0.378 e. The monoisotopic (exact) mass is 324 g/mol. The Labute approximate surface area is 141 Å². The van der Waals surface area contributed by atoms with Gasteiger partial charge in [-0.1, -0.05) is 42.5 Å². The van der Waals surface area contributed by atoms with Crippen LogP contribution in [0.1, 0.15) is 10.4 Å². The average Bonchev–Trinajstić information content (AvgIpc) is 2.67. The van der Waals surface area contributed by atoms with E-state index in [0.29, 0.717) is 31.9 Å². The molecule has 2 amide bonds. The van der Waals surface area contributed by atoms with Gasteiger partial charge in [-0.15, -0.1) is 0 Å². The molecule has 0 atom stereocenters. The SMILES string of the molecule is O=C(NCC(=O)N1CCOCC1)c1ccc(-c2ccccc2)cc1. The Kier molecular flexibility index (Phi) is 5.23. The second kappa shape index (κ2) is 7.75. The van der Waals surface area contributed by atoms with Gasteiger partial charge in [-0.25, -0.2) is 0 Å². The number of morpholine rings is 1. The number of benzene rings is 2. The molecule has 1 aliphatic heterocycles. The highest BCUT2D eigenvalue weighted by molar-refractivity contribution is 5.96. The lowest BCUT2D eigenvalue weighted by atomic mass is 10.0. The second-order valence-electron chi connectivity index (χ2n) is 5.62. The van der Waals surface area contributed by atoms with E-state index in [0.717, 1.165) is 11.1 Å². The molecule has 2 aromatic rings. The van der Waals surface area contributed by atoms with Gasteiger partial charge in [0, 0.05) is 18.7 Å². The van der Waals surface area contributed by atoms with Crippen LogP contribution < -0.4 is 5.32 Å². The molecule has 5 heteroatoms. The van der Waals surface area contributed by atoms with Gasteiger partial charge in [0.2, 0.25) is 5.91 Å². The molecule has 0 radical (unpaired) electrons. The molecule has 3 rings (SSSR count). The van der Waals surface area contributed by atoms with Crippen LogP contribution in [0.15, 0.2) is 54.6 Å².